The number of rotatable bonds is 8. The van der Waals surface area contributed by atoms with Gasteiger partial charge in [0.1, 0.15) is 24.0 Å². The molecule has 2 atom stereocenters. The lowest BCUT2D eigenvalue weighted by Crippen LogP contribution is -2.43. The molecule has 186 valence electrons. The first-order chi connectivity index (χ1) is 17.3. The first-order valence-corrected chi connectivity index (χ1v) is 12.3. The minimum atomic E-state index is -1.10. The van der Waals surface area contributed by atoms with Crippen molar-refractivity contribution in [2.24, 2.45) is 0 Å². The van der Waals surface area contributed by atoms with Crippen LogP contribution < -0.4 is 5.32 Å². The molecule has 4 aromatic rings. The van der Waals surface area contributed by atoms with Crippen LogP contribution in [0.5, 0.6) is 0 Å². The van der Waals surface area contributed by atoms with Crippen LogP contribution in [0.4, 0.5) is 0 Å². The number of amides is 1. The molecule has 0 spiro atoms. The summed E-state index contributed by atoms with van der Waals surface area (Å²) in [5.41, 5.74) is 2.42. The van der Waals surface area contributed by atoms with Crippen LogP contribution in [-0.4, -0.2) is 43.8 Å². The second kappa shape index (κ2) is 11.6. The number of aromatic nitrogens is 3. The van der Waals surface area contributed by atoms with E-state index in [9.17, 15) is 15.0 Å². The number of carbonyl (C=O) groups excluding carboxylic acids is 1. The number of nitrogens with zero attached hydrogens (tertiary/aromatic N) is 3. The van der Waals surface area contributed by atoms with E-state index in [1.54, 1.807) is 66.7 Å². The summed E-state index contributed by atoms with van der Waals surface area (Å²) < 4.78 is 0. The summed E-state index contributed by atoms with van der Waals surface area (Å²) >= 11 is 25.0. The first kappa shape index (κ1) is 26.4. The Labute approximate surface area is 227 Å². The summed E-state index contributed by atoms with van der Waals surface area (Å²) in [7, 11) is 0. The average molecular weight is 566 g/mol. The largest absolute Gasteiger partial charge is 0.394 e. The number of aliphatic hydroxyl groups is 2. The van der Waals surface area contributed by atoms with E-state index in [0.717, 1.165) is 0 Å². The minimum Gasteiger partial charge on any atom is -0.394 e. The quantitative estimate of drug-likeness (QED) is 0.264. The van der Waals surface area contributed by atoms with Crippen LogP contribution in [0.25, 0.3) is 22.5 Å². The molecule has 3 aromatic carbocycles. The SMILES string of the molecule is O=C(Cn1nc(-c2ccc(Cl)cc2Cl)c(-c2ccc(Cl)cc2Cl)n1)N[C@@H](CO)[C@H](O)c1ccccc1. The Balaban J connectivity index is 1.64. The van der Waals surface area contributed by atoms with Crippen LogP contribution in [0.2, 0.25) is 20.1 Å². The van der Waals surface area contributed by atoms with Gasteiger partial charge in [0.25, 0.3) is 0 Å². The third-order valence-corrected chi connectivity index (χ3v) is 6.47. The average Bonchev–Trinajstić information content (AvgIpc) is 3.25. The van der Waals surface area contributed by atoms with Crippen LogP contribution >= 0.6 is 46.4 Å². The molecule has 0 saturated carbocycles. The zero-order chi connectivity index (χ0) is 25.8. The van der Waals surface area contributed by atoms with E-state index in [4.69, 9.17) is 46.4 Å². The summed E-state index contributed by atoms with van der Waals surface area (Å²) in [4.78, 5) is 14.0. The Morgan fingerprint density at radius 1 is 0.861 bits per heavy atom. The summed E-state index contributed by atoms with van der Waals surface area (Å²) in [5.74, 6) is -0.512. The highest BCUT2D eigenvalue weighted by Crippen LogP contribution is 2.38. The molecule has 0 bridgehead atoms. The number of nitrogens with one attached hydrogen (secondary N) is 1. The molecule has 0 radical (unpaired) electrons. The summed E-state index contributed by atoms with van der Waals surface area (Å²) in [6.45, 7) is -0.757. The van der Waals surface area contributed by atoms with E-state index in [1.165, 1.54) is 4.80 Å². The summed E-state index contributed by atoms with van der Waals surface area (Å²) in [5, 5.41) is 33.5. The maximum absolute atomic E-state index is 12.8. The van der Waals surface area contributed by atoms with Crippen LogP contribution in [0.15, 0.2) is 66.7 Å². The fourth-order valence-corrected chi connectivity index (χ4v) is 4.63. The van der Waals surface area contributed by atoms with Crippen molar-refractivity contribution in [1.29, 1.82) is 0 Å². The molecule has 0 aliphatic carbocycles. The smallest absolute Gasteiger partial charge is 0.244 e. The number of benzene rings is 3. The summed E-state index contributed by atoms with van der Waals surface area (Å²) in [6.07, 6.45) is -1.10. The highest BCUT2D eigenvalue weighted by atomic mass is 35.5. The molecule has 11 heteroatoms. The van der Waals surface area contributed by atoms with Gasteiger partial charge in [-0.1, -0.05) is 76.7 Å². The van der Waals surface area contributed by atoms with Gasteiger partial charge in [-0.05, 0) is 42.0 Å². The molecular formula is C25H20Cl4N4O3. The topological polar surface area (TPSA) is 100 Å². The van der Waals surface area contributed by atoms with Crippen LogP contribution in [0.3, 0.4) is 0 Å². The lowest BCUT2D eigenvalue weighted by atomic mass is 10.0. The third-order valence-electron chi connectivity index (χ3n) is 5.38. The lowest BCUT2D eigenvalue weighted by Gasteiger charge is -2.22. The molecule has 0 unspecified atom stereocenters. The van der Waals surface area contributed by atoms with Gasteiger partial charge in [-0.2, -0.15) is 15.0 Å². The maximum Gasteiger partial charge on any atom is 0.244 e. The number of halogens is 4. The van der Waals surface area contributed by atoms with Crippen LogP contribution in [0.1, 0.15) is 11.7 Å². The Kier molecular flexibility index (Phi) is 8.51. The molecule has 4 rings (SSSR count). The Bertz CT molecular complexity index is 1310. The highest BCUT2D eigenvalue weighted by molar-refractivity contribution is 6.37. The fraction of sp³-hybridized carbons (Fsp3) is 0.160. The van der Waals surface area contributed by atoms with Crippen molar-refractivity contribution >= 4 is 52.3 Å². The van der Waals surface area contributed by atoms with E-state index >= 15 is 0 Å². The zero-order valence-corrected chi connectivity index (χ0v) is 21.6. The Morgan fingerprint density at radius 3 is 1.86 bits per heavy atom. The minimum absolute atomic E-state index is 0.290. The van der Waals surface area contributed by atoms with Gasteiger partial charge in [0.15, 0.2) is 0 Å². The predicted octanol–water partition coefficient (Wildman–Crippen LogP) is 5.44. The van der Waals surface area contributed by atoms with Crippen molar-refractivity contribution in [3.63, 3.8) is 0 Å². The zero-order valence-electron chi connectivity index (χ0n) is 18.6. The molecule has 36 heavy (non-hydrogen) atoms. The van der Waals surface area contributed by atoms with Crippen molar-refractivity contribution in [2.45, 2.75) is 18.7 Å². The number of carbonyl (C=O) groups is 1. The molecule has 0 saturated heterocycles. The van der Waals surface area contributed by atoms with Crippen molar-refractivity contribution < 1.29 is 15.0 Å². The van der Waals surface area contributed by atoms with Crippen molar-refractivity contribution in [1.82, 2.24) is 20.3 Å². The summed E-state index contributed by atoms with van der Waals surface area (Å²) in [6, 6.07) is 17.7. The fourth-order valence-electron chi connectivity index (χ4n) is 3.63. The van der Waals surface area contributed by atoms with Crippen molar-refractivity contribution in [2.75, 3.05) is 6.61 Å². The van der Waals surface area contributed by atoms with Gasteiger partial charge in [0, 0.05) is 21.2 Å². The third kappa shape index (κ3) is 6.00. The van der Waals surface area contributed by atoms with Gasteiger partial charge < -0.3 is 15.5 Å². The number of hydrogen-bond donors (Lipinski definition) is 3. The Morgan fingerprint density at radius 2 is 1.39 bits per heavy atom. The second-order valence-electron chi connectivity index (χ2n) is 7.89. The van der Waals surface area contributed by atoms with Crippen LogP contribution in [-0.2, 0) is 11.3 Å². The first-order valence-electron chi connectivity index (χ1n) is 10.8. The Hall–Kier alpha value is -2.65. The predicted molar refractivity (Wildman–Crippen MR) is 141 cm³/mol. The van der Waals surface area contributed by atoms with Crippen molar-refractivity contribution in [3.05, 3.63) is 92.4 Å². The van der Waals surface area contributed by atoms with Gasteiger partial charge in [-0.25, -0.2) is 0 Å². The highest BCUT2D eigenvalue weighted by Gasteiger charge is 2.24. The molecule has 1 aromatic heterocycles. The molecule has 7 nitrogen and oxygen atoms in total. The van der Waals surface area contributed by atoms with Crippen LogP contribution in [0, 0.1) is 0 Å². The number of hydrogen-bond acceptors (Lipinski definition) is 5. The maximum atomic E-state index is 12.8. The standard InChI is InChI=1S/C25H20Cl4N4O3/c26-15-6-8-17(19(28)10-15)23-24(18-9-7-16(27)11-20(18)29)32-33(31-23)12-22(35)30-21(13-34)25(36)14-4-2-1-3-5-14/h1-11,21,25,34,36H,12-13H2,(H,30,35)/t21-,25+/m0/s1. The van der Waals surface area contributed by atoms with Gasteiger partial charge in [0.2, 0.25) is 5.91 Å². The van der Waals surface area contributed by atoms with Gasteiger partial charge in [-0.3, -0.25) is 4.79 Å². The molecule has 1 amide bonds. The van der Waals surface area contributed by atoms with E-state index in [-0.39, 0.29) is 6.54 Å². The second-order valence-corrected chi connectivity index (χ2v) is 9.58. The molecular weight excluding hydrogens is 546 g/mol. The number of aliphatic hydroxyl groups excluding tert-OH is 2. The van der Waals surface area contributed by atoms with E-state index in [1.807, 2.05) is 0 Å². The van der Waals surface area contributed by atoms with Gasteiger partial charge in [0.05, 0.1) is 22.7 Å². The molecule has 0 aliphatic heterocycles. The molecule has 1 heterocycles. The lowest BCUT2D eigenvalue weighted by molar-refractivity contribution is -0.124. The van der Waals surface area contributed by atoms with Crippen molar-refractivity contribution in [3.8, 4) is 22.5 Å². The van der Waals surface area contributed by atoms with E-state index in [0.29, 0.717) is 48.2 Å². The van der Waals surface area contributed by atoms with Gasteiger partial charge in [-0.15, -0.1) is 0 Å². The van der Waals surface area contributed by atoms with E-state index < -0.39 is 24.7 Å². The normalized spacial score (nSPS) is 12.8. The van der Waals surface area contributed by atoms with Gasteiger partial charge >= 0.3 is 0 Å². The molecule has 3 N–H and O–H groups in total. The monoisotopic (exact) mass is 564 g/mol. The van der Waals surface area contributed by atoms with E-state index in [2.05, 4.69) is 15.5 Å². The molecule has 0 fully saturated rings. The molecule has 0 aliphatic rings.